The summed E-state index contributed by atoms with van der Waals surface area (Å²) in [4.78, 5) is 26.3. The maximum Gasteiger partial charge on any atom is 0.319 e. The van der Waals surface area contributed by atoms with Crippen molar-refractivity contribution in [2.75, 3.05) is 6.61 Å². The van der Waals surface area contributed by atoms with Crippen LogP contribution in [0.2, 0.25) is 0 Å². The smallest absolute Gasteiger partial charge is 0.319 e. The molecule has 1 aliphatic rings. The minimum Gasteiger partial charge on any atom is -0.465 e. The van der Waals surface area contributed by atoms with Gasteiger partial charge in [0.25, 0.3) is 0 Å². The molecular weight excluding hydrogens is 375 g/mol. The number of thiophene rings is 1. The lowest BCUT2D eigenvalue weighted by Crippen LogP contribution is -2.51. The highest BCUT2D eigenvalue weighted by atomic mass is 32.2. The fourth-order valence-corrected chi connectivity index (χ4v) is 4.17. The van der Waals surface area contributed by atoms with Crippen LogP contribution in [0.25, 0.3) is 0 Å². The molecule has 5 nitrogen and oxygen atoms in total. The summed E-state index contributed by atoms with van der Waals surface area (Å²) in [6.45, 7) is 1.99. The SMILES string of the molecule is CCOC(=O)[C@@H]1/C(=C\Sc2ccc(F)cc2)NC(=O)N[C@H]1c1cccs1. The molecule has 0 aliphatic carbocycles. The van der Waals surface area contributed by atoms with Gasteiger partial charge in [0.05, 0.1) is 12.6 Å². The number of hydrogen-bond donors (Lipinski definition) is 2. The van der Waals surface area contributed by atoms with Crippen molar-refractivity contribution in [3.05, 3.63) is 63.6 Å². The minimum atomic E-state index is -0.681. The van der Waals surface area contributed by atoms with Crippen LogP contribution in [0.5, 0.6) is 0 Å². The molecule has 26 heavy (non-hydrogen) atoms. The quantitative estimate of drug-likeness (QED) is 0.595. The number of ether oxygens (including phenoxy) is 1. The molecule has 0 saturated carbocycles. The number of carbonyl (C=O) groups is 2. The summed E-state index contributed by atoms with van der Waals surface area (Å²) in [5.41, 5.74) is 0.458. The first-order valence-electron chi connectivity index (χ1n) is 7.98. The van der Waals surface area contributed by atoms with Crippen LogP contribution in [0.15, 0.2) is 57.8 Å². The van der Waals surface area contributed by atoms with E-state index in [1.54, 1.807) is 24.5 Å². The summed E-state index contributed by atoms with van der Waals surface area (Å²) in [6, 6.07) is 8.85. The van der Waals surface area contributed by atoms with Gasteiger partial charge in [-0.05, 0) is 48.0 Å². The van der Waals surface area contributed by atoms with Crippen LogP contribution in [-0.4, -0.2) is 18.6 Å². The van der Waals surface area contributed by atoms with Gasteiger partial charge in [-0.2, -0.15) is 0 Å². The number of nitrogens with one attached hydrogen (secondary N) is 2. The Bertz CT molecular complexity index is 806. The highest BCUT2D eigenvalue weighted by Crippen LogP contribution is 2.35. The van der Waals surface area contributed by atoms with Gasteiger partial charge < -0.3 is 15.4 Å². The van der Waals surface area contributed by atoms with Gasteiger partial charge >= 0.3 is 12.0 Å². The molecule has 1 fully saturated rings. The lowest BCUT2D eigenvalue weighted by Gasteiger charge is -2.32. The molecule has 0 radical (unpaired) electrons. The molecule has 0 bridgehead atoms. The van der Waals surface area contributed by atoms with Gasteiger partial charge in [-0.3, -0.25) is 4.79 Å². The average molecular weight is 392 g/mol. The second-order valence-electron chi connectivity index (χ2n) is 5.47. The first kappa shape index (κ1) is 18.5. The van der Waals surface area contributed by atoms with Gasteiger partial charge in [-0.25, -0.2) is 9.18 Å². The predicted molar refractivity (Wildman–Crippen MR) is 99.2 cm³/mol. The standard InChI is InChI=1S/C18H17FN2O3S2/c1-2-24-17(22)15-13(10-26-12-7-5-11(19)6-8-12)20-18(23)21-16(15)14-4-3-9-25-14/h3-10,15-16H,2H2,1H3,(H2,20,21,23)/b13-10+/t15-,16+/m1/s1. The van der Waals surface area contributed by atoms with Crippen LogP contribution in [0.3, 0.4) is 0 Å². The Labute approximate surface area is 158 Å². The number of halogens is 1. The molecule has 2 aromatic rings. The molecule has 3 rings (SSSR count). The molecule has 2 atom stereocenters. The Morgan fingerprint density at radius 2 is 2.12 bits per heavy atom. The van der Waals surface area contributed by atoms with Crippen LogP contribution in [0.4, 0.5) is 9.18 Å². The van der Waals surface area contributed by atoms with Crippen molar-refractivity contribution in [1.82, 2.24) is 10.6 Å². The zero-order valence-corrected chi connectivity index (χ0v) is 15.5. The van der Waals surface area contributed by atoms with Gasteiger partial charge in [-0.1, -0.05) is 17.8 Å². The van der Waals surface area contributed by atoms with E-state index in [2.05, 4.69) is 10.6 Å². The second-order valence-corrected chi connectivity index (χ2v) is 7.39. The van der Waals surface area contributed by atoms with E-state index < -0.39 is 17.9 Å². The number of benzene rings is 1. The molecule has 1 aromatic heterocycles. The zero-order chi connectivity index (χ0) is 18.5. The highest BCUT2D eigenvalue weighted by Gasteiger charge is 2.40. The third-order valence-corrected chi connectivity index (χ3v) is 5.61. The first-order valence-corrected chi connectivity index (χ1v) is 9.74. The van der Waals surface area contributed by atoms with Gasteiger partial charge in [-0.15, -0.1) is 11.3 Å². The zero-order valence-electron chi connectivity index (χ0n) is 13.9. The highest BCUT2D eigenvalue weighted by molar-refractivity contribution is 8.02. The largest absolute Gasteiger partial charge is 0.465 e. The van der Waals surface area contributed by atoms with Crippen molar-refractivity contribution in [2.45, 2.75) is 17.9 Å². The molecule has 1 aromatic carbocycles. The van der Waals surface area contributed by atoms with E-state index in [1.165, 1.54) is 35.2 Å². The third-order valence-electron chi connectivity index (χ3n) is 3.74. The number of hydrogen-bond acceptors (Lipinski definition) is 5. The predicted octanol–water partition coefficient (Wildman–Crippen LogP) is 4.05. The molecule has 2 N–H and O–H groups in total. The van der Waals surface area contributed by atoms with Crippen molar-refractivity contribution >= 4 is 35.1 Å². The second kappa shape index (κ2) is 8.37. The van der Waals surface area contributed by atoms with E-state index in [9.17, 15) is 14.0 Å². The van der Waals surface area contributed by atoms with Crippen LogP contribution in [0, 0.1) is 11.7 Å². The van der Waals surface area contributed by atoms with Crippen molar-refractivity contribution in [3.8, 4) is 0 Å². The Balaban J connectivity index is 1.91. The van der Waals surface area contributed by atoms with Crippen LogP contribution in [-0.2, 0) is 9.53 Å². The van der Waals surface area contributed by atoms with E-state index in [0.29, 0.717) is 5.70 Å². The fourth-order valence-electron chi connectivity index (χ4n) is 2.60. The van der Waals surface area contributed by atoms with E-state index >= 15 is 0 Å². The number of esters is 1. The normalized spacial score (nSPS) is 21.2. The van der Waals surface area contributed by atoms with E-state index in [0.717, 1.165) is 9.77 Å². The van der Waals surface area contributed by atoms with Crippen molar-refractivity contribution in [3.63, 3.8) is 0 Å². The molecule has 0 unspecified atom stereocenters. The average Bonchev–Trinajstić information content (AvgIpc) is 3.15. The number of rotatable bonds is 5. The summed E-state index contributed by atoms with van der Waals surface area (Å²) < 4.78 is 18.3. The maximum atomic E-state index is 13.0. The first-order chi connectivity index (χ1) is 12.6. The molecule has 2 amide bonds. The van der Waals surface area contributed by atoms with Gasteiger partial charge in [0, 0.05) is 15.5 Å². The number of urea groups is 1. The molecule has 136 valence electrons. The van der Waals surface area contributed by atoms with Crippen molar-refractivity contribution in [2.24, 2.45) is 5.92 Å². The summed E-state index contributed by atoms with van der Waals surface area (Å²) in [6.07, 6.45) is 0. The van der Waals surface area contributed by atoms with Crippen LogP contribution < -0.4 is 10.6 Å². The molecule has 2 heterocycles. The summed E-state index contributed by atoms with van der Waals surface area (Å²) in [5.74, 6) is -1.41. The van der Waals surface area contributed by atoms with Crippen LogP contribution >= 0.6 is 23.1 Å². The van der Waals surface area contributed by atoms with Gasteiger partial charge in [0.2, 0.25) is 0 Å². The maximum absolute atomic E-state index is 13.0. The Kier molecular flexibility index (Phi) is 5.95. The van der Waals surface area contributed by atoms with Crippen molar-refractivity contribution in [1.29, 1.82) is 0 Å². The lowest BCUT2D eigenvalue weighted by atomic mass is 9.93. The van der Waals surface area contributed by atoms with Gasteiger partial charge in [0.1, 0.15) is 11.7 Å². The summed E-state index contributed by atoms with van der Waals surface area (Å²) >= 11 is 2.76. The molecule has 1 aliphatic heterocycles. The lowest BCUT2D eigenvalue weighted by molar-refractivity contribution is -0.147. The molecule has 8 heteroatoms. The Morgan fingerprint density at radius 1 is 1.35 bits per heavy atom. The summed E-state index contributed by atoms with van der Waals surface area (Å²) in [5, 5.41) is 9.10. The molecule has 1 saturated heterocycles. The number of carbonyl (C=O) groups excluding carboxylic acids is 2. The van der Waals surface area contributed by atoms with Gasteiger partial charge in [0.15, 0.2) is 0 Å². The molecular formula is C18H17FN2O3S2. The summed E-state index contributed by atoms with van der Waals surface area (Å²) in [7, 11) is 0. The number of thioether (sulfide) groups is 1. The van der Waals surface area contributed by atoms with Crippen LogP contribution in [0.1, 0.15) is 17.8 Å². The monoisotopic (exact) mass is 392 g/mol. The fraction of sp³-hybridized carbons (Fsp3) is 0.222. The third kappa shape index (κ3) is 4.25. The topological polar surface area (TPSA) is 67.4 Å². The Morgan fingerprint density at radius 3 is 2.77 bits per heavy atom. The minimum absolute atomic E-state index is 0.249. The Hall–Kier alpha value is -2.32. The number of amides is 2. The van der Waals surface area contributed by atoms with E-state index in [-0.39, 0.29) is 18.5 Å². The van der Waals surface area contributed by atoms with Crippen molar-refractivity contribution < 1.29 is 18.7 Å². The van der Waals surface area contributed by atoms with E-state index in [1.807, 2.05) is 17.5 Å². The molecule has 0 spiro atoms. The van der Waals surface area contributed by atoms with E-state index in [4.69, 9.17) is 4.74 Å².